The number of aryl methyl sites for hydroxylation is 1. The molecular formula is C18H29ClN2Si. The van der Waals surface area contributed by atoms with Gasteiger partial charge in [0.25, 0.3) is 0 Å². The molecule has 2 rings (SSSR count). The molecule has 4 heteroatoms. The van der Waals surface area contributed by atoms with Gasteiger partial charge in [-0.2, -0.15) is 0 Å². The van der Waals surface area contributed by atoms with Crippen molar-refractivity contribution in [2.75, 3.05) is 0 Å². The standard InChI is InChI=1S/C18H29ClN2Si/c1-8-15-11-21(18-17(15)16(19)9-10-20-18)22(12(2)3,13(4)5)14(6)7/h9-14H,8H2,1-7H3. The van der Waals surface area contributed by atoms with Crippen LogP contribution in [0.1, 0.15) is 54.0 Å². The summed E-state index contributed by atoms with van der Waals surface area (Å²) >= 11 is 6.51. The molecule has 0 aliphatic rings. The summed E-state index contributed by atoms with van der Waals surface area (Å²) in [4.78, 5) is 4.74. The summed E-state index contributed by atoms with van der Waals surface area (Å²) in [6, 6.07) is 1.91. The number of hydrogen-bond donors (Lipinski definition) is 0. The van der Waals surface area contributed by atoms with Crippen molar-refractivity contribution in [2.24, 2.45) is 0 Å². The molecule has 0 saturated carbocycles. The molecule has 0 bridgehead atoms. The average Bonchev–Trinajstić information content (AvgIpc) is 2.79. The highest BCUT2D eigenvalue weighted by molar-refractivity contribution is 6.82. The van der Waals surface area contributed by atoms with Crippen molar-refractivity contribution < 1.29 is 0 Å². The summed E-state index contributed by atoms with van der Waals surface area (Å²) in [5.74, 6) is 0. The first-order valence-electron chi connectivity index (χ1n) is 8.43. The Bertz CT molecular complexity index is 637. The molecule has 0 N–H and O–H groups in total. The second-order valence-corrected chi connectivity index (χ2v) is 13.3. The lowest BCUT2D eigenvalue weighted by Gasteiger charge is -2.44. The van der Waals surface area contributed by atoms with Crippen molar-refractivity contribution in [1.82, 2.24) is 9.22 Å². The fraction of sp³-hybridized carbons (Fsp3) is 0.611. The number of halogens is 1. The highest BCUT2D eigenvalue weighted by Crippen LogP contribution is 2.45. The lowest BCUT2D eigenvalue weighted by Crippen LogP contribution is -2.51. The van der Waals surface area contributed by atoms with Gasteiger partial charge in [-0.1, -0.05) is 60.1 Å². The Morgan fingerprint density at radius 3 is 2.09 bits per heavy atom. The lowest BCUT2D eigenvalue weighted by atomic mass is 10.2. The number of nitrogens with zero attached hydrogens (tertiary/aromatic N) is 2. The number of aromatic nitrogens is 2. The lowest BCUT2D eigenvalue weighted by molar-refractivity contribution is 0.769. The second-order valence-electron chi connectivity index (χ2n) is 7.22. The van der Waals surface area contributed by atoms with Gasteiger partial charge >= 0.3 is 0 Å². The zero-order valence-corrected chi connectivity index (χ0v) is 16.7. The molecule has 0 amide bonds. The molecule has 2 nitrogen and oxygen atoms in total. The predicted octanol–water partition coefficient (Wildman–Crippen LogP) is 6.28. The Morgan fingerprint density at radius 2 is 1.64 bits per heavy atom. The van der Waals surface area contributed by atoms with Crippen LogP contribution in [-0.2, 0) is 6.42 Å². The van der Waals surface area contributed by atoms with Crippen LogP contribution in [0, 0.1) is 0 Å². The molecule has 0 fully saturated rings. The van der Waals surface area contributed by atoms with Crippen LogP contribution in [0.2, 0.25) is 21.6 Å². The van der Waals surface area contributed by atoms with Gasteiger partial charge < -0.3 is 4.23 Å². The number of pyridine rings is 1. The van der Waals surface area contributed by atoms with Gasteiger partial charge in [-0.3, -0.25) is 0 Å². The topological polar surface area (TPSA) is 17.8 Å². The molecule has 0 aliphatic carbocycles. The van der Waals surface area contributed by atoms with Crippen LogP contribution in [0.15, 0.2) is 18.5 Å². The molecule has 122 valence electrons. The smallest absolute Gasteiger partial charge is 0.171 e. The van der Waals surface area contributed by atoms with Crippen molar-refractivity contribution in [3.63, 3.8) is 0 Å². The minimum absolute atomic E-state index is 0.647. The maximum atomic E-state index is 6.51. The van der Waals surface area contributed by atoms with E-state index in [-0.39, 0.29) is 0 Å². The van der Waals surface area contributed by atoms with Crippen molar-refractivity contribution in [1.29, 1.82) is 0 Å². The largest absolute Gasteiger partial charge is 0.358 e. The van der Waals surface area contributed by atoms with Crippen molar-refractivity contribution in [3.05, 3.63) is 29.0 Å². The van der Waals surface area contributed by atoms with E-state index in [1.807, 2.05) is 12.3 Å². The Morgan fingerprint density at radius 1 is 1.09 bits per heavy atom. The molecule has 0 atom stereocenters. The highest BCUT2D eigenvalue weighted by atomic mass is 35.5. The molecule has 0 saturated heterocycles. The third-order valence-corrected chi connectivity index (χ3v) is 12.3. The van der Waals surface area contributed by atoms with E-state index in [1.165, 1.54) is 5.56 Å². The van der Waals surface area contributed by atoms with Crippen LogP contribution < -0.4 is 0 Å². The van der Waals surface area contributed by atoms with Crippen LogP contribution in [0.25, 0.3) is 11.0 Å². The molecule has 0 spiro atoms. The molecule has 22 heavy (non-hydrogen) atoms. The first-order valence-corrected chi connectivity index (χ1v) is 11.0. The van der Waals surface area contributed by atoms with Gasteiger partial charge in [0, 0.05) is 17.8 Å². The van der Waals surface area contributed by atoms with E-state index in [1.54, 1.807) is 0 Å². The molecule has 0 radical (unpaired) electrons. The van der Waals surface area contributed by atoms with Crippen LogP contribution >= 0.6 is 11.6 Å². The fourth-order valence-corrected chi connectivity index (χ4v) is 11.4. The summed E-state index contributed by atoms with van der Waals surface area (Å²) in [5, 5.41) is 1.99. The Hall–Kier alpha value is -0.803. The average molecular weight is 337 g/mol. The maximum absolute atomic E-state index is 6.51. The minimum atomic E-state index is -1.79. The molecular weight excluding hydrogens is 308 g/mol. The summed E-state index contributed by atoms with van der Waals surface area (Å²) in [6.07, 6.45) is 5.20. The highest BCUT2D eigenvalue weighted by Gasteiger charge is 2.46. The zero-order chi connectivity index (χ0) is 16.7. The molecule has 0 unspecified atom stereocenters. The molecule has 2 heterocycles. The van der Waals surface area contributed by atoms with E-state index in [0.717, 1.165) is 22.5 Å². The van der Waals surface area contributed by atoms with Gasteiger partial charge in [0.15, 0.2) is 8.24 Å². The van der Waals surface area contributed by atoms with Crippen molar-refractivity contribution in [2.45, 2.75) is 71.5 Å². The van der Waals surface area contributed by atoms with E-state index in [9.17, 15) is 0 Å². The SMILES string of the molecule is CCc1cn([Si](C(C)C)(C(C)C)C(C)C)c2nccc(Cl)c12. The monoisotopic (exact) mass is 336 g/mol. The van der Waals surface area contributed by atoms with Crippen LogP contribution in [0.5, 0.6) is 0 Å². The third-order valence-electron chi connectivity index (χ3n) is 5.29. The second kappa shape index (κ2) is 6.36. The third kappa shape index (κ3) is 2.43. The first kappa shape index (κ1) is 17.5. The Kier molecular flexibility index (Phi) is 5.08. The van der Waals surface area contributed by atoms with Gasteiger partial charge in [0.1, 0.15) is 5.65 Å². The predicted molar refractivity (Wildman–Crippen MR) is 101 cm³/mol. The van der Waals surface area contributed by atoms with Gasteiger partial charge in [-0.15, -0.1) is 0 Å². The molecule has 0 aliphatic heterocycles. The van der Waals surface area contributed by atoms with E-state index >= 15 is 0 Å². The normalized spacial score (nSPS) is 13.0. The van der Waals surface area contributed by atoms with Gasteiger partial charge in [0.2, 0.25) is 0 Å². The molecule has 2 aromatic rings. The van der Waals surface area contributed by atoms with Gasteiger partial charge in [-0.05, 0) is 34.7 Å². The van der Waals surface area contributed by atoms with Crippen LogP contribution in [0.4, 0.5) is 0 Å². The Balaban J connectivity index is 2.89. The van der Waals surface area contributed by atoms with Crippen LogP contribution in [-0.4, -0.2) is 17.5 Å². The number of hydrogen-bond acceptors (Lipinski definition) is 1. The quantitative estimate of drug-likeness (QED) is 0.588. The van der Waals surface area contributed by atoms with E-state index in [0.29, 0.717) is 16.6 Å². The summed E-state index contributed by atoms with van der Waals surface area (Å²) < 4.78 is 2.56. The van der Waals surface area contributed by atoms with Crippen LogP contribution in [0.3, 0.4) is 0 Å². The Labute approximate surface area is 141 Å². The van der Waals surface area contributed by atoms with E-state index in [4.69, 9.17) is 16.6 Å². The summed E-state index contributed by atoms with van der Waals surface area (Å²) in [6.45, 7) is 16.5. The maximum Gasteiger partial charge on any atom is 0.171 e. The molecule has 0 aromatic carbocycles. The minimum Gasteiger partial charge on any atom is -0.358 e. The fourth-order valence-electron chi connectivity index (χ4n) is 4.59. The van der Waals surface area contributed by atoms with Gasteiger partial charge in [0.05, 0.1) is 5.02 Å². The zero-order valence-electron chi connectivity index (χ0n) is 14.9. The van der Waals surface area contributed by atoms with E-state index in [2.05, 4.69) is 58.9 Å². The molecule has 2 aromatic heterocycles. The number of rotatable bonds is 5. The first-order chi connectivity index (χ1) is 10.3. The van der Waals surface area contributed by atoms with E-state index < -0.39 is 8.24 Å². The van der Waals surface area contributed by atoms with Gasteiger partial charge in [-0.25, -0.2) is 4.98 Å². The number of fused-ring (bicyclic) bond motifs is 1. The summed E-state index contributed by atoms with van der Waals surface area (Å²) in [7, 11) is -1.79. The van der Waals surface area contributed by atoms with Crippen molar-refractivity contribution in [3.8, 4) is 0 Å². The van der Waals surface area contributed by atoms with Crippen molar-refractivity contribution >= 4 is 30.9 Å². The summed E-state index contributed by atoms with van der Waals surface area (Å²) in [5.41, 5.74) is 4.36.